The summed E-state index contributed by atoms with van der Waals surface area (Å²) >= 11 is 0. The van der Waals surface area contributed by atoms with Crippen molar-refractivity contribution in [2.24, 2.45) is 0 Å². The average Bonchev–Trinajstić information content (AvgIpc) is 2.64. The number of amides is 1. The van der Waals surface area contributed by atoms with Gasteiger partial charge in [-0.3, -0.25) is 9.10 Å². The van der Waals surface area contributed by atoms with Crippen LogP contribution in [0, 0.1) is 0 Å². The fourth-order valence-corrected chi connectivity index (χ4v) is 4.38. The molecule has 0 bridgehead atoms. The molecule has 3 rings (SSSR count). The highest BCUT2D eigenvalue weighted by Gasteiger charge is 2.35. The van der Waals surface area contributed by atoms with Crippen molar-refractivity contribution in [3.63, 3.8) is 0 Å². The molecule has 0 fully saturated rings. The van der Waals surface area contributed by atoms with E-state index in [0.717, 1.165) is 21.9 Å². The van der Waals surface area contributed by atoms with Crippen LogP contribution in [-0.2, 0) is 14.8 Å². The molecule has 0 radical (unpaired) electrons. The minimum atomic E-state index is -3.70. The van der Waals surface area contributed by atoms with Crippen molar-refractivity contribution in [3.05, 3.63) is 54.1 Å². The van der Waals surface area contributed by atoms with Crippen molar-refractivity contribution in [2.75, 3.05) is 24.2 Å². The quantitative estimate of drug-likeness (QED) is 0.780. The largest absolute Gasteiger partial charge is 0.495 e. The summed E-state index contributed by atoms with van der Waals surface area (Å²) in [5.74, 6) is 0.695. The van der Waals surface area contributed by atoms with Gasteiger partial charge in [0.25, 0.3) is 0 Å². The van der Waals surface area contributed by atoms with E-state index < -0.39 is 21.5 Å². The number of hydrogen-bond acceptors (Lipinski definition) is 5. The first-order valence-corrected chi connectivity index (χ1v) is 11.1. The lowest BCUT2D eigenvalue weighted by Gasteiger charge is -2.38. The number of nitrogens with zero attached hydrogens (tertiary/aromatic N) is 1. The topological polar surface area (TPSA) is 84.9 Å². The number of fused-ring (bicyclic) bond motifs is 1. The van der Waals surface area contributed by atoms with E-state index in [1.54, 1.807) is 24.3 Å². The van der Waals surface area contributed by atoms with Crippen molar-refractivity contribution >= 4 is 21.6 Å². The smallest absolute Gasteiger partial charge is 0.241 e. The Labute approximate surface area is 171 Å². The first-order valence-electron chi connectivity index (χ1n) is 9.29. The molecular weight excluding hydrogens is 392 g/mol. The van der Waals surface area contributed by atoms with Gasteiger partial charge in [-0.25, -0.2) is 8.42 Å². The van der Waals surface area contributed by atoms with Crippen LogP contribution < -0.4 is 19.1 Å². The van der Waals surface area contributed by atoms with Crippen molar-refractivity contribution in [1.29, 1.82) is 0 Å². The van der Waals surface area contributed by atoms with Crippen LogP contribution in [0.2, 0.25) is 0 Å². The van der Waals surface area contributed by atoms with E-state index in [0.29, 0.717) is 17.9 Å². The maximum atomic E-state index is 12.9. The number of anilines is 1. The van der Waals surface area contributed by atoms with Crippen molar-refractivity contribution in [1.82, 2.24) is 5.32 Å². The molecule has 1 heterocycles. The summed E-state index contributed by atoms with van der Waals surface area (Å²) < 4.78 is 37.1. The van der Waals surface area contributed by atoms with Gasteiger partial charge in [0, 0.05) is 12.0 Å². The van der Waals surface area contributed by atoms with Gasteiger partial charge in [0.15, 0.2) is 0 Å². The van der Waals surface area contributed by atoms with Gasteiger partial charge in [0.1, 0.15) is 23.6 Å². The van der Waals surface area contributed by atoms with Gasteiger partial charge in [-0.15, -0.1) is 0 Å². The van der Waals surface area contributed by atoms with E-state index in [9.17, 15) is 13.2 Å². The Balaban J connectivity index is 1.85. The fraction of sp³-hybridized carbons (Fsp3) is 0.381. The zero-order valence-electron chi connectivity index (χ0n) is 17.0. The van der Waals surface area contributed by atoms with Gasteiger partial charge in [0.2, 0.25) is 15.9 Å². The number of rotatable bonds is 6. The van der Waals surface area contributed by atoms with E-state index in [1.165, 1.54) is 7.11 Å². The third-order valence-electron chi connectivity index (χ3n) is 4.75. The number of ether oxygens (including phenoxy) is 2. The van der Waals surface area contributed by atoms with Crippen LogP contribution in [0.15, 0.2) is 48.5 Å². The summed E-state index contributed by atoms with van der Waals surface area (Å²) in [6, 6.07) is 14.0. The summed E-state index contributed by atoms with van der Waals surface area (Å²) in [5.41, 5.74) is 0.745. The molecule has 0 saturated heterocycles. The second-order valence-corrected chi connectivity index (χ2v) is 9.57. The Bertz CT molecular complexity index is 1000. The maximum Gasteiger partial charge on any atom is 0.241 e. The van der Waals surface area contributed by atoms with Crippen LogP contribution in [0.4, 0.5) is 5.69 Å². The highest BCUT2D eigenvalue weighted by atomic mass is 32.2. The van der Waals surface area contributed by atoms with Crippen LogP contribution in [0.25, 0.3) is 0 Å². The van der Waals surface area contributed by atoms with E-state index in [2.05, 4.69) is 5.32 Å². The molecule has 0 aromatic heterocycles. The van der Waals surface area contributed by atoms with Gasteiger partial charge in [0.05, 0.1) is 25.1 Å². The predicted molar refractivity (Wildman–Crippen MR) is 112 cm³/mol. The molecule has 0 aliphatic carbocycles. The molecular formula is C21H26N2O5S. The first-order chi connectivity index (χ1) is 13.6. The van der Waals surface area contributed by atoms with Crippen molar-refractivity contribution < 1.29 is 22.7 Å². The number of carbonyl (C=O) groups is 1. The molecule has 1 aliphatic heterocycles. The molecule has 7 nitrogen and oxygen atoms in total. The minimum Gasteiger partial charge on any atom is -0.495 e. The van der Waals surface area contributed by atoms with Gasteiger partial charge in [-0.05, 0) is 32.0 Å². The van der Waals surface area contributed by atoms with E-state index in [4.69, 9.17) is 9.47 Å². The molecule has 8 heteroatoms. The lowest BCUT2D eigenvalue weighted by molar-refractivity contribution is -0.120. The molecule has 1 atom stereocenters. The Hall–Kier alpha value is -2.74. The van der Waals surface area contributed by atoms with E-state index in [-0.39, 0.29) is 12.6 Å². The zero-order valence-corrected chi connectivity index (χ0v) is 17.8. The minimum absolute atomic E-state index is 0.276. The van der Waals surface area contributed by atoms with Gasteiger partial charge in [-0.2, -0.15) is 0 Å². The average molecular weight is 419 g/mol. The number of nitrogens with one attached hydrogen (secondary N) is 1. The highest BCUT2D eigenvalue weighted by molar-refractivity contribution is 7.92. The van der Waals surface area contributed by atoms with Crippen LogP contribution in [0.1, 0.15) is 31.9 Å². The van der Waals surface area contributed by atoms with E-state index >= 15 is 0 Å². The fourth-order valence-electron chi connectivity index (χ4n) is 3.52. The summed E-state index contributed by atoms with van der Waals surface area (Å²) in [6.07, 6.45) is 1.64. The van der Waals surface area contributed by atoms with Crippen LogP contribution in [-0.4, -0.2) is 39.8 Å². The third kappa shape index (κ3) is 4.82. The zero-order chi connectivity index (χ0) is 21.2. The van der Waals surface area contributed by atoms with Crippen LogP contribution in [0.3, 0.4) is 0 Å². The Morgan fingerprint density at radius 2 is 1.86 bits per heavy atom. The lowest BCUT2D eigenvalue weighted by atomic mass is 9.89. The Morgan fingerprint density at radius 1 is 1.21 bits per heavy atom. The number of para-hydroxylation sites is 3. The Morgan fingerprint density at radius 3 is 2.55 bits per heavy atom. The summed E-state index contributed by atoms with van der Waals surface area (Å²) in [6.45, 7) is 3.57. The molecule has 156 valence electrons. The van der Waals surface area contributed by atoms with E-state index in [1.807, 2.05) is 38.1 Å². The Kier molecular flexibility index (Phi) is 5.75. The van der Waals surface area contributed by atoms with Gasteiger partial charge >= 0.3 is 0 Å². The molecule has 1 N–H and O–H groups in total. The van der Waals surface area contributed by atoms with Crippen molar-refractivity contribution in [3.8, 4) is 11.5 Å². The van der Waals surface area contributed by atoms with Gasteiger partial charge in [-0.1, -0.05) is 30.3 Å². The summed E-state index contributed by atoms with van der Waals surface area (Å²) in [5, 5.41) is 2.97. The van der Waals surface area contributed by atoms with Crippen LogP contribution >= 0.6 is 0 Å². The predicted octanol–water partition coefficient (Wildman–Crippen LogP) is 2.88. The lowest BCUT2D eigenvalue weighted by Crippen LogP contribution is -2.45. The first kappa shape index (κ1) is 21.0. The van der Waals surface area contributed by atoms with Gasteiger partial charge < -0.3 is 14.8 Å². The molecule has 0 unspecified atom stereocenters. The normalized spacial score (nSPS) is 17.6. The molecule has 2 aromatic rings. The number of methoxy groups -OCH3 is 1. The monoisotopic (exact) mass is 418 g/mol. The SMILES string of the molecule is COc1ccccc1N(CC(=O)N[C@H]1CC(C)(C)Oc2ccccc21)S(C)(=O)=O. The van der Waals surface area contributed by atoms with Crippen molar-refractivity contribution in [2.45, 2.75) is 31.9 Å². The molecule has 0 saturated carbocycles. The second kappa shape index (κ2) is 7.94. The maximum absolute atomic E-state index is 12.9. The number of carbonyl (C=O) groups excluding carboxylic acids is 1. The molecule has 29 heavy (non-hydrogen) atoms. The number of hydrogen-bond donors (Lipinski definition) is 1. The van der Waals surface area contributed by atoms with Crippen LogP contribution in [0.5, 0.6) is 11.5 Å². The third-order valence-corrected chi connectivity index (χ3v) is 5.88. The number of benzene rings is 2. The number of sulfonamides is 1. The summed E-state index contributed by atoms with van der Waals surface area (Å²) in [4.78, 5) is 12.9. The summed E-state index contributed by atoms with van der Waals surface area (Å²) in [7, 11) is -2.24. The molecule has 1 amide bonds. The molecule has 2 aromatic carbocycles. The highest BCUT2D eigenvalue weighted by Crippen LogP contribution is 2.39. The molecule has 1 aliphatic rings. The standard InChI is InChI=1S/C21H26N2O5S/c1-21(2)13-16(15-9-5-7-11-18(15)28-21)22-20(24)14-23(29(4,25)26)17-10-6-8-12-19(17)27-3/h5-12,16H,13-14H2,1-4H3,(H,22,24)/t16-/m0/s1. The molecule has 0 spiro atoms. The second-order valence-electron chi connectivity index (χ2n) is 7.67.